The van der Waals surface area contributed by atoms with E-state index in [0.717, 1.165) is 24.2 Å². The molecule has 0 aliphatic carbocycles. The topological polar surface area (TPSA) is 27.0 Å². The predicted molar refractivity (Wildman–Crippen MR) is 74.3 cm³/mol. The molecule has 1 fully saturated rings. The van der Waals surface area contributed by atoms with Crippen LogP contribution in [0, 0.1) is 30.0 Å². The van der Waals surface area contributed by atoms with Crippen LogP contribution in [0.3, 0.4) is 0 Å². The first-order chi connectivity index (χ1) is 8.82. The van der Waals surface area contributed by atoms with Crippen LogP contribution in [0.4, 0.5) is 4.39 Å². The van der Waals surface area contributed by atoms with Crippen molar-refractivity contribution in [1.82, 2.24) is 4.90 Å². The highest BCUT2D eigenvalue weighted by molar-refractivity contribution is 5.33. The molecule has 3 heteroatoms. The van der Waals surface area contributed by atoms with Crippen molar-refractivity contribution in [2.45, 2.75) is 39.2 Å². The Hall–Kier alpha value is -1.40. The van der Waals surface area contributed by atoms with Crippen LogP contribution in [0.2, 0.25) is 0 Å². The molecule has 1 aliphatic rings. The van der Waals surface area contributed by atoms with E-state index in [1.54, 1.807) is 12.1 Å². The minimum Gasteiger partial charge on any atom is -0.297 e. The summed E-state index contributed by atoms with van der Waals surface area (Å²) >= 11 is 0. The highest BCUT2D eigenvalue weighted by Gasteiger charge is 2.39. The van der Waals surface area contributed by atoms with Gasteiger partial charge in [-0.05, 0) is 51.0 Å². The Kier molecular flexibility index (Phi) is 3.64. The zero-order chi connectivity index (χ0) is 14.2. The van der Waals surface area contributed by atoms with Crippen molar-refractivity contribution in [2.75, 3.05) is 13.1 Å². The summed E-state index contributed by atoms with van der Waals surface area (Å²) in [6.45, 7) is 10.0. The lowest BCUT2D eigenvalue weighted by atomic mass is 9.87. The third-order valence-corrected chi connectivity index (χ3v) is 4.08. The molecule has 0 saturated carbocycles. The van der Waals surface area contributed by atoms with Gasteiger partial charge in [-0.1, -0.05) is 6.07 Å². The summed E-state index contributed by atoms with van der Waals surface area (Å²) in [5.74, 6) is -0.161. The van der Waals surface area contributed by atoms with Gasteiger partial charge in [-0.2, -0.15) is 5.26 Å². The summed E-state index contributed by atoms with van der Waals surface area (Å²) in [5, 5.41) is 9.37. The molecule has 1 heterocycles. The van der Waals surface area contributed by atoms with Crippen LogP contribution >= 0.6 is 0 Å². The molecule has 19 heavy (non-hydrogen) atoms. The predicted octanol–water partition coefficient (Wildman–Crippen LogP) is 3.47. The van der Waals surface area contributed by atoms with Crippen molar-refractivity contribution in [3.8, 4) is 6.07 Å². The summed E-state index contributed by atoms with van der Waals surface area (Å²) in [6, 6.07) is 7.28. The van der Waals surface area contributed by atoms with Crippen LogP contribution in [0.15, 0.2) is 18.2 Å². The van der Waals surface area contributed by atoms with Crippen LogP contribution in [0.1, 0.15) is 37.8 Å². The van der Waals surface area contributed by atoms with Gasteiger partial charge in [0, 0.05) is 24.5 Å². The van der Waals surface area contributed by atoms with E-state index in [4.69, 9.17) is 0 Å². The quantitative estimate of drug-likeness (QED) is 0.773. The van der Waals surface area contributed by atoms with Crippen LogP contribution in [0.25, 0.3) is 0 Å². The molecule has 1 aromatic carbocycles. The third-order valence-electron chi connectivity index (χ3n) is 4.08. The van der Waals surface area contributed by atoms with Crippen molar-refractivity contribution in [2.24, 2.45) is 5.92 Å². The maximum atomic E-state index is 13.5. The largest absolute Gasteiger partial charge is 0.297 e. The van der Waals surface area contributed by atoms with E-state index in [1.165, 1.54) is 6.07 Å². The minimum absolute atomic E-state index is 0.0467. The maximum Gasteiger partial charge on any atom is 0.123 e. The average Bonchev–Trinajstić information content (AvgIpc) is 2.76. The standard InChI is InChI=1S/C16H21FN2/c1-11-5-6-13(17)7-14(11)15-10-19(16(2,3)4)9-12(15)8-18/h5-7,12,15H,9-10H2,1-4H3/t12-,15-/m1/s1. The van der Waals surface area contributed by atoms with E-state index in [-0.39, 0.29) is 23.2 Å². The van der Waals surface area contributed by atoms with Gasteiger partial charge in [-0.3, -0.25) is 4.90 Å². The molecule has 0 amide bonds. The smallest absolute Gasteiger partial charge is 0.123 e. The maximum absolute atomic E-state index is 13.5. The Labute approximate surface area is 114 Å². The first-order valence-electron chi connectivity index (χ1n) is 6.73. The normalized spacial score (nSPS) is 24.4. The fraction of sp³-hybridized carbons (Fsp3) is 0.562. The molecule has 2 atom stereocenters. The molecule has 2 nitrogen and oxygen atoms in total. The summed E-state index contributed by atoms with van der Waals surface area (Å²) in [4.78, 5) is 2.32. The molecule has 0 N–H and O–H groups in total. The fourth-order valence-corrected chi connectivity index (χ4v) is 2.81. The zero-order valence-electron chi connectivity index (χ0n) is 12.1. The Bertz CT molecular complexity index is 510. The van der Waals surface area contributed by atoms with E-state index in [9.17, 15) is 9.65 Å². The van der Waals surface area contributed by atoms with Crippen LogP contribution in [0.5, 0.6) is 0 Å². The van der Waals surface area contributed by atoms with Gasteiger partial charge in [-0.15, -0.1) is 0 Å². The van der Waals surface area contributed by atoms with E-state index >= 15 is 0 Å². The molecule has 0 radical (unpaired) electrons. The lowest BCUT2D eigenvalue weighted by Crippen LogP contribution is -2.39. The fourth-order valence-electron chi connectivity index (χ4n) is 2.81. The molecular formula is C16H21FN2. The average molecular weight is 260 g/mol. The lowest BCUT2D eigenvalue weighted by Gasteiger charge is -2.31. The van der Waals surface area contributed by atoms with Crippen molar-refractivity contribution in [1.29, 1.82) is 5.26 Å². The Morgan fingerprint density at radius 3 is 2.58 bits per heavy atom. The molecule has 0 aromatic heterocycles. The van der Waals surface area contributed by atoms with Crippen molar-refractivity contribution >= 4 is 0 Å². The first-order valence-corrected chi connectivity index (χ1v) is 6.73. The van der Waals surface area contributed by atoms with Gasteiger partial charge in [0.2, 0.25) is 0 Å². The van der Waals surface area contributed by atoms with Crippen LogP contribution in [-0.2, 0) is 0 Å². The van der Waals surface area contributed by atoms with E-state index in [0.29, 0.717) is 0 Å². The van der Waals surface area contributed by atoms with Gasteiger partial charge in [-0.25, -0.2) is 4.39 Å². The molecular weight excluding hydrogens is 239 g/mol. The number of nitrogens with zero attached hydrogens (tertiary/aromatic N) is 2. The second-order valence-electron chi connectivity index (χ2n) is 6.42. The minimum atomic E-state index is -0.216. The number of halogens is 1. The van der Waals surface area contributed by atoms with E-state index < -0.39 is 0 Å². The highest BCUT2D eigenvalue weighted by Crippen LogP contribution is 2.37. The number of rotatable bonds is 1. The molecule has 0 spiro atoms. The van der Waals surface area contributed by atoms with E-state index in [2.05, 4.69) is 31.7 Å². The lowest BCUT2D eigenvalue weighted by molar-refractivity contribution is 0.170. The van der Waals surface area contributed by atoms with Crippen LogP contribution in [-0.4, -0.2) is 23.5 Å². The zero-order valence-corrected chi connectivity index (χ0v) is 12.1. The van der Waals surface area contributed by atoms with Crippen molar-refractivity contribution < 1.29 is 4.39 Å². The second-order valence-corrected chi connectivity index (χ2v) is 6.42. The summed E-state index contributed by atoms with van der Waals surface area (Å²) < 4.78 is 13.5. The summed E-state index contributed by atoms with van der Waals surface area (Å²) in [5.41, 5.74) is 2.10. The Morgan fingerprint density at radius 2 is 2.00 bits per heavy atom. The van der Waals surface area contributed by atoms with Crippen molar-refractivity contribution in [3.05, 3.63) is 35.1 Å². The summed E-state index contributed by atoms with van der Waals surface area (Å²) in [6.07, 6.45) is 0. The van der Waals surface area contributed by atoms with Gasteiger partial charge in [0.05, 0.1) is 12.0 Å². The molecule has 102 valence electrons. The summed E-state index contributed by atoms with van der Waals surface area (Å²) in [7, 11) is 0. The molecule has 1 aliphatic heterocycles. The molecule has 1 saturated heterocycles. The van der Waals surface area contributed by atoms with Gasteiger partial charge >= 0.3 is 0 Å². The number of likely N-dealkylation sites (tertiary alicyclic amines) is 1. The third kappa shape index (κ3) is 2.79. The number of hydrogen-bond donors (Lipinski definition) is 0. The number of hydrogen-bond acceptors (Lipinski definition) is 2. The number of nitriles is 1. The Balaban J connectivity index is 2.34. The number of benzene rings is 1. The van der Waals surface area contributed by atoms with Gasteiger partial charge in [0.25, 0.3) is 0 Å². The van der Waals surface area contributed by atoms with Gasteiger partial charge in [0.15, 0.2) is 0 Å². The molecule has 0 unspecified atom stereocenters. The van der Waals surface area contributed by atoms with Gasteiger partial charge < -0.3 is 0 Å². The molecule has 2 rings (SSSR count). The number of aryl methyl sites for hydroxylation is 1. The van der Waals surface area contributed by atoms with Crippen molar-refractivity contribution in [3.63, 3.8) is 0 Å². The monoisotopic (exact) mass is 260 g/mol. The van der Waals surface area contributed by atoms with E-state index in [1.807, 2.05) is 6.92 Å². The molecule has 1 aromatic rings. The Morgan fingerprint density at radius 1 is 1.32 bits per heavy atom. The highest BCUT2D eigenvalue weighted by atomic mass is 19.1. The van der Waals surface area contributed by atoms with Crippen LogP contribution < -0.4 is 0 Å². The first kappa shape index (κ1) is 14.0. The van der Waals surface area contributed by atoms with Gasteiger partial charge in [0.1, 0.15) is 5.82 Å². The second kappa shape index (κ2) is 4.94. The SMILES string of the molecule is Cc1ccc(F)cc1[C@@H]1CN(C(C)(C)C)C[C@H]1C#N. The molecule has 0 bridgehead atoms.